The van der Waals surface area contributed by atoms with Gasteiger partial charge in [0.2, 0.25) is 5.76 Å². The molecule has 0 spiro atoms. The third-order valence-electron chi connectivity index (χ3n) is 4.09. The summed E-state index contributed by atoms with van der Waals surface area (Å²) in [7, 11) is 1.84. The van der Waals surface area contributed by atoms with Crippen molar-refractivity contribution in [3.05, 3.63) is 17.5 Å². The third-order valence-corrected chi connectivity index (χ3v) is 4.09. The van der Waals surface area contributed by atoms with E-state index in [0.717, 1.165) is 25.2 Å². The zero-order valence-corrected chi connectivity index (χ0v) is 14.3. The molecule has 0 saturated carbocycles. The second-order valence-electron chi connectivity index (χ2n) is 7.08. The summed E-state index contributed by atoms with van der Waals surface area (Å²) in [5.74, 6) is 1.25. The number of carbonyl (C=O) groups is 1. The van der Waals surface area contributed by atoms with Gasteiger partial charge in [0.05, 0.1) is 5.69 Å². The Morgan fingerprint density at radius 3 is 2.68 bits per heavy atom. The number of hydrogen-bond donors (Lipinski definition) is 0. The Kier molecular flexibility index (Phi) is 6.00. The van der Waals surface area contributed by atoms with Crippen LogP contribution in [0.15, 0.2) is 10.6 Å². The normalized spacial score (nSPS) is 17.1. The number of hydrogen-bond acceptors (Lipinski definition) is 4. The van der Waals surface area contributed by atoms with Crippen LogP contribution >= 0.6 is 0 Å². The summed E-state index contributed by atoms with van der Waals surface area (Å²) in [6.45, 7) is 10.7. The van der Waals surface area contributed by atoms with E-state index in [4.69, 9.17) is 4.52 Å². The molecule has 1 aromatic rings. The average Bonchev–Trinajstić information content (AvgIpc) is 3.08. The zero-order valence-electron chi connectivity index (χ0n) is 14.3. The maximum atomic E-state index is 12.4. The molecule has 2 heterocycles. The predicted molar refractivity (Wildman–Crippen MR) is 86.8 cm³/mol. The van der Waals surface area contributed by atoms with E-state index >= 15 is 0 Å². The Labute approximate surface area is 133 Å². The summed E-state index contributed by atoms with van der Waals surface area (Å²) >= 11 is 0. The standard InChI is InChI=1S/C17H29N3O2/c1-13(2)9-15-10-16(22-18-15)17(21)19(4)11-14(3)12-20-7-5-6-8-20/h10,13-14H,5-9,11-12H2,1-4H3. The molecule has 1 aliphatic rings. The number of carbonyl (C=O) groups excluding carboxylic acids is 1. The summed E-state index contributed by atoms with van der Waals surface area (Å²) in [6.07, 6.45) is 3.45. The molecule has 1 aliphatic heterocycles. The molecule has 0 radical (unpaired) electrons. The van der Waals surface area contributed by atoms with Crippen molar-refractivity contribution in [2.75, 3.05) is 33.2 Å². The van der Waals surface area contributed by atoms with Crippen LogP contribution in [0, 0.1) is 11.8 Å². The molecule has 0 N–H and O–H groups in total. The van der Waals surface area contributed by atoms with Gasteiger partial charge in [0.1, 0.15) is 0 Å². The summed E-state index contributed by atoms with van der Waals surface area (Å²) in [6, 6.07) is 1.78. The first-order chi connectivity index (χ1) is 10.5. The average molecular weight is 307 g/mol. The first kappa shape index (κ1) is 17.0. The maximum absolute atomic E-state index is 12.4. The van der Waals surface area contributed by atoms with Crippen LogP contribution in [0.3, 0.4) is 0 Å². The first-order valence-corrected chi connectivity index (χ1v) is 8.39. The largest absolute Gasteiger partial charge is 0.351 e. The van der Waals surface area contributed by atoms with Gasteiger partial charge in [0.25, 0.3) is 5.91 Å². The monoisotopic (exact) mass is 307 g/mol. The molecular formula is C17H29N3O2. The van der Waals surface area contributed by atoms with Crippen LogP contribution in [0.4, 0.5) is 0 Å². The van der Waals surface area contributed by atoms with Crippen LogP contribution in [0.5, 0.6) is 0 Å². The Bertz CT molecular complexity index is 478. The molecule has 0 bridgehead atoms. The highest BCUT2D eigenvalue weighted by Gasteiger charge is 2.21. The summed E-state index contributed by atoms with van der Waals surface area (Å²) in [5.41, 5.74) is 0.858. The molecular weight excluding hydrogens is 278 g/mol. The van der Waals surface area contributed by atoms with E-state index in [2.05, 4.69) is 30.8 Å². The van der Waals surface area contributed by atoms with Crippen LogP contribution in [0.1, 0.15) is 49.9 Å². The van der Waals surface area contributed by atoms with Crippen molar-refractivity contribution < 1.29 is 9.32 Å². The molecule has 1 aromatic heterocycles. The molecule has 5 heteroatoms. The van der Waals surface area contributed by atoms with Crippen LogP contribution < -0.4 is 0 Å². The van der Waals surface area contributed by atoms with Crippen molar-refractivity contribution in [3.63, 3.8) is 0 Å². The van der Waals surface area contributed by atoms with Crippen molar-refractivity contribution in [3.8, 4) is 0 Å². The lowest BCUT2D eigenvalue weighted by molar-refractivity contribution is 0.0725. The van der Waals surface area contributed by atoms with E-state index in [0.29, 0.717) is 17.6 Å². The van der Waals surface area contributed by atoms with Crippen molar-refractivity contribution in [1.29, 1.82) is 0 Å². The fraction of sp³-hybridized carbons (Fsp3) is 0.765. The van der Waals surface area contributed by atoms with Gasteiger partial charge in [0.15, 0.2) is 0 Å². The van der Waals surface area contributed by atoms with E-state index in [1.807, 2.05) is 7.05 Å². The molecule has 2 rings (SSSR count). The third kappa shape index (κ3) is 4.83. The Balaban J connectivity index is 1.84. The Hall–Kier alpha value is -1.36. The van der Waals surface area contributed by atoms with Crippen molar-refractivity contribution >= 4 is 5.91 Å². The van der Waals surface area contributed by atoms with Gasteiger partial charge < -0.3 is 14.3 Å². The molecule has 22 heavy (non-hydrogen) atoms. The smallest absolute Gasteiger partial charge is 0.292 e. The zero-order chi connectivity index (χ0) is 16.1. The quantitative estimate of drug-likeness (QED) is 0.777. The van der Waals surface area contributed by atoms with Gasteiger partial charge in [-0.15, -0.1) is 0 Å². The molecule has 1 saturated heterocycles. The minimum atomic E-state index is -0.0734. The van der Waals surface area contributed by atoms with Crippen LogP contribution in [0.2, 0.25) is 0 Å². The summed E-state index contributed by atoms with van der Waals surface area (Å²) in [5, 5.41) is 3.99. The predicted octanol–water partition coefficient (Wildman–Crippen LogP) is 2.68. The minimum Gasteiger partial charge on any atom is -0.351 e. The second-order valence-corrected chi connectivity index (χ2v) is 7.08. The Morgan fingerprint density at radius 1 is 1.36 bits per heavy atom. The van der Waals surface area contributed by atoms with Gasteiger partial charge in [-0.2, -0.15) is 0 Å². The second kappa shape index (κ2) is 7.77. The highest BCUT2D eigenvalue weighted by molar-refractivity contribution is 5.91. The first-order valence-electron chi connectivity index (χ1n) is 8.39. The lowest BCUT2D eigenvalue weighted by Crippen LogP contribution is -2.35. The van der Waals surface area contributed by atoms with E-state index in [-0.39, 0.29) is 5.91 Å². The number of likely N-dealkylation sites (tertiary alicyclic amines) is 1. The number of rotatable bonds is 7. The fourth-order valence-electron chi connectivity index (χ4n) is 3.13. The highest BCUT2D eigenvalue weighted by atomic mass is 16.5. The van der Waals surface area contributed by atoms with Crippen LogP contribution in [-0.4, -0.2) is 54.1 Å². The van der Waals surface area contributed by atoms with Crippen LogP contribution in [0.25, 0.3) is 0 Å². The van der Waals surface area contributed by atoms with Gasteiger partial charge in [-0.1, -0.05) is 25.9 Å². The van der Waals surface area contributed by atoms with Gasteiger partial charge in [-0.3, -0.25) is 4.79 Å². The van der Waals surface area contributed by atoms with Crippen LogP contribution in [-0.2, 0) is 6.42 Å². The summed E-state index contributed by atoms with van der Waals surface area (Å²) in [4.78, 5) is 16.6. The van der Waals surface area contributed by atoms with Gasteiger partial charge >= 0.3 is 0 Å². The molecule has 0 aliphatic carbocycles. The minimum absolute atomic E-state index is 0.0734. The van der Waals surface area contributed by atoms with Gasteiger partial charge in [0, 0.05) is 26.2 Å². The maximum Gasteiger partial charge on any atom is 0.292 e. The van der Waals surface area contributed by atoms with E-state index < -0.39 is 0 Å². The van der Waals surface area contributed by atoms with Gasteiger partial charge in [-0.05, 0) is 44.2 Å². The molecule has 1 unspecified atom stereocenters. The van der Waals surface area contributed by atoms with E-state index in [1.54, 1.807) is 11.0 Å². The number of amides is 1. The molecule has 5 nitrogen and oxygen atoms in total. The lowest BCUT2D eigenvalue weighted by atomic mass is 10.1. The van der Waals surface area contributed by atoms with Crippen molar-refractivity contribution in [2.45, 2.75) is 40.0 Å². The fourth-order valence-corrected chi connectivity index (χ4v) is 3.13. The molecule has 0 aromatic carbocycles. The van der Waals surface area contributed by atoms with Gasteiger partial charge in [-0.25, -0.2) is 0 Å². The number of nitrogens with zero attached hydrogens (tertiary/aromatic N) is 3. The summed E-state index contributed by atoms with van der Waals surface area (Å²) < 4.78 is 5.21. The Morgan fingerprint density at radius 2 is 2.05 bits per heavy atom. The number of aromatic nitrogens is 1. The SMILES string of the molecule is CC(C)Cc1cc(C(=O)N(C)CC(C)CN2CCCC2)on1. The topological polar surface area (TPSA) is 49.6 Å². The highest BCUT2D eigenvalue weighted by Crippen LogP contribution is 2.14. The molecule has 124 valence electrons. The molecule has 1 fully saturated rings. The lowest BCUT2D eigenvalue weighted by Gasteiger charge is -2.24. The molecule has 1 amide bonds. The van der Waals surface area contributed by atoms with E-state index in [9.17, 15) is 4.79 Å². The molecule has 1 atom stereocenters. The van der Waals surface area contributed by atoms with Crippen molar-refractivity contribution in [1.82, 2.24) is 15.0 Å². The van der Waals surface area contributed by atoms with Crippen molar-refractivity contribution in [2.24, 2.45) is 11.8 Å². The van der Waals surface area contributed by atoms with E-state index in [1.165, 1.54) is 25.9 Å².